The highest BCUT2D eigenvalue weighted by atomic mass is 32.2. The highest BCUT2D eigenvalue weighted by Crippen LogP contribution is 2.35. The van der Waals surface area contributed by atoms with E-state index in [0.717, 1.165) is 18.7 Å². The first-order valence-electron chi connectivity index (χ1n) is 3.13. The van der Waals surface area contributed by atoms with E-state index >= 15 is 0 Å². The van der Waals surface area contributed by atoms with Gasteiger partial charge in [-0.05, 0) is 6.92 Å². The molecule has 1 nitrogen and oxygen atoms in total. The fourth-order valence-corrected chi connectivity index (χ4v) is 2.23. The van der Waals surface area contributed by atoms with Crippen LogP contribution in [0.4, 0.5) is 13.2 Å². The van der Waals surface area contributed by atoms with Crippen LogP contribution in [0.15, 0.2) is 15.9 Å². The van der Waals surface area contributed by atoms with Crippen molar-refractivity contribution in [3.63, 3.8) is 0 Å². The van der Waals surface area contributed by atoms with Crippen LogP contribution in [0.5, 0.6) is 0 Å². The van der Waals surface area contributed by atoms with Gasteiger partial charge >= 0.3 is 6.18 Å². The summed E-state index contributed by atoms with van der Waals surface area (Å²) in [6.07, 6.45) is -2.65. The van der Waals surface area contributed by atoms with Crippen molar-refractivity contribution in [1.82, 2.24) is 4.98 Å². The summed E-state index contributed by atoms with van der Waals surface area (Å²) in [4.78, 5) is 3.75. The number of thioether (sulfide) groups is 1. The van der Waals surface area contributed by atoms with E-state index in [-0.39, 0.29) is 0 Å². The maximum absolute atomic E-state index is 12.0. The second-order valence-electron chi connectivity index (χ2n) is 2.10. The third-order valence-corrected chi connectivity index (χ3v) is 3.22. The quantitative estimate of drug-likeness (QED) is 0.700. The molecule has 0 aliphatic heterocycles. The predicted octanol–water partition coefficient (Wildman–Crippen LogP) is 3.19. The van der Waals surface area contributed by atoms with Crippen LogP contribution in [0.25, 0.3) is 0 Å². The van der Waals surface area contributed by atoms with E-state index in [9.17, 15) is 13.2 Å². The molecular weight excluding hydrogens is 207 g/mol. The molecule has 0 aromatic carbocycles. The Morgan fingerprint density at radius 2 is 2.25 bits per heavy atom. The van der Waals surface area contributed by atoms with Gasteiger partial charge in [-0.15, -0.1) is 11.3 Å². The molecule has 12 heavy (non-hydrogen) atoms. The van der Waals surface area contributed by atoms with Gasteiger partial charge < -0.3 is 0 Å². The number of rotatable bonds is 2. The fourth-order valence-electron chi connectivity index (χ4n) is 0.487. The maximum atomic E-state index is 12.0. The molecule has 1 atom stereocenters. The van der Waals surface area contributed by atoms with Crippen molar-refractivity contribution in [2.75, 3.05) is 0 Å². The standard InChI is InChI=1S/C6H6F3NS2/c1-4(6(7,8)9)12-5-10-2-3-11-5/h2-4H,1H3. The minimum absolute atomic E-state index is 0.458. The van der Waals surface area contributed by atoms with Crippen LogP contribution in [0, 0.1) is 0 Å². The van der Waals surface area contributed by atoms with E-state index in [0.29, 0.717) is 4.34 Å². The number of thiazole rings is 1. The van der Waals surface area contributed by atoms with Gasteiger partial charge in [-0.25, -0.2) is 4.98 Å². The predicted molar refractivity (Wildman–Crippen MR) is 43.5 cm³/mol. The first kappa shape index (κ1) is 9.85. The molecule has 0 saturated heterocycles. The van der Waals surface area contributed by atoms with E-state index in [1.807, 2.05) is 0 Å². The van der Waals surface area contributed by atoms with Crippen LogP contribution < -0.4 is 0 Å². The van der Waals surface area contributed by atoms with Crippen molar-refractivity contribution in [3.8, 4) is 0 Å². The Morgan fingerprint density at radius 1 is 1.58 bits per heavy atom. The summed E-state index contributed by atoms with van der Waals surface area (Å²) in [5.41, 5.74) is 0. The summed E-state index contributed by atoms with van der Waals surface area (Å²) < 4.78 is 36.4. The van der Waals surface area contributed by atoms with Crippen LogP contribution in [-0.2, 0) is 0 Å². The Labute approximate surface area is 76.0 Å². The van der Waals surface area contributed by atoms with Crippen LogP contribution in [0.1, 0.15) is 6.92 Å². The summed E-state index contributed by atoms with van der Waals surface area (Å²) in [7, 11) is 0. The average Bonchev–Trinajstić information content (AvgIpc) is 2.37. The summed E-state index contributed by atoms with van der Waals surface area (Å²) in [6, 6.07) is 0. The van der Waals surface area contributed by atoms with E-state index < -0.39 is 11.4 Å². The summed E-state index contributed by atoms with van der Waals surface area (Å²) in [5, 5.41) is 0.273. The third-order valence-electron chi connectivity index (χ3n) is 1.15. The number of halogens is 3. The number of hydrogen-bond donors (Lipinski definition) is 0. The molecule has 0 aliphatic carbocycles. The first-order valence-corrected chi connectivity index (χ1v) is 4.89. The number of alkyl halides is 3. The molecule has 0 spiro atoms. The normalized spacial score (nSPS) is 14.7. The molecule has 0 bridgehead atoms. The molecule has 1 aromatic rings. The minimum Gasteiger partial charge on any atom is -0.238 e. The zero-order chi connectivity index (χ0) is 9.19. The van der Waals surface area contributed by atoms with Crippen LogP contribution in [-0.4, -0.2) is 16.4 Å². The third kappa shape index (κ3) is 2.67. The van der Waals surface area contributed by atoms with Crippen molar-refractivity contribution in [2.45, 2.75) is 22.7 Å². The number of aromatic nitrogens is 1. The Morgan fingerprint density at radius 3 is 2.67 bits per heavy atom. The molecule has 1 aromatic heterocycles. The Hall–Kier alpha value is -0.230. The largest absolute Gasteiger partial charge is 0.400 e. The molecular formula is C6H6F3NS2. The molecule has 0 N–H and O–H groups in total. The molecule has 1 unspecified atom stereocenters. The van der Waals surface area contributed by atoms with Crippen molar-refractivity contribution < 1.29 is 13.2 Å². The summed E-state index contributed by atoms with van der Waals surface area (Å²) in [6.45, 7) is 1.13. The lowest BCUT2D eigenvalue weighted by molar-refractivity contribution is -0.125. The van der Waals surface area contributed by atoms with E-state index in [4.69, 9.17) is 0 Å². The maximum Gasteiger partial charge on any atom is 0.400 e. The molecule has 0 amide bonds. The van der Waals surface area contributed by atoms with Gasteiger partial charge in [-0.1, -0.05) is 11.8 Å². The highest BCUT2D eigenvalue weighted by molar-refractivity contribution is 8.01. The van der Waals surface area contributed by atoms with Gasteiger partial charge in [0.25, 0.3) is 0 Å². The first-order chi connectivity index (χ1) is 5.50. The zero-order valence-corrected chi connectivity index (χ0v) is 7.76. The molecule has 6 heteroatoms. The second-order valence-corrected chi connectivity index (χ2v) is 4.58. The van der Waals surface area contributed by atoms with Crippen molar-refractivity contribution in [3.05, 3.63) is 11.6 Å². The van der Waals surface area contributed by atoms with Crippen LogP contribution in [0.3, 0.4) is 0 Å². The smallest absolute Gasteiger partial charge is 0.238 e. The van der Waals surface area contributed by atoms with E-state index in [2.05, 4.69) is 4.98 Å². The SMILES string of the molecule is CC(Sc1nccs1)C(F)(F)F. The van der Waals surface area contributed by atoms with Gasteiger partial charge in [0.1, 0.15) is 9.59 Å². The van der Waals surface area contributed by atoms with Crippen LogP contribution >= 0.6 is 23.1 Å². The van der Waals surface area contributed by atoms with Gasteiger partial charge in [0.05, 0.1) is 0 Å². The van der Waals surface area contributed by atoms with Crippen molar-refractivity contribution in [2.24, 2.45) is 0 Å². The number of hydrogen-bond acceptors (Lipinski definition) is 3. The summed E-state index contributed by atoms with van der Waals surface area (Å²) >= 11 is 1.96. The minimum atomic E-state index is -4.14. The molecule has 1 rings (SSSR count). The van der Waals surface area contributed by atoms with Crippen LogP contribution in [0.2, 0.25) is 0 Å². The molecule has 0 radical (unpaired) electrons. The lowest BCUT2D eigenvalue weighted by atomic mass is 10.5. The molecule has 0 saturated carbocycles. The Bertz CT molecular complexity index is 231. The number of nitrogens with zero attached hydrogens (tertiary/aromatic N) is 1. The van der Waals surface area contributed by atoms with Crippen molar-refractivity contribution in [1.29, 1.82) is 0 Å². The lowest BCUT2D eigenvalue weighted by Crippen LogP contribution is -2.21. The zero-order valence-electron chi connectivity index (χ0n) is 6.13. The topological polar surface area (TPSA) is 12.9 Å². The molecule has 1 heterocycles. The summed E-state index contributed by atoms with van der Waals surface area (Å²) in [5.74, 6) is 0. The van der Waals surface area contributed by atoms with E-state index in [1.165, 1.54) is 17.5 Å². The fraction of sp³-hybridized carbons (Fsp3) is 0.500. The lowest BCUT2D eigenvalue weighted by Gasteiger charge is -2.12. The van der Waals surface area contributed by atoms with Gasteiger partial charge in [0.15, 0.2) is 0 Å². The molecule has 0 fully saturated rings. The van der Waals surface area contributed by atoms with Crippen molar-refractivity contribution >= 4 is 23.1 Å². The monoisotopic (exact) mass is 213 g/mol. The van der Waals surface area contributed by atoms with Gasteiger partial charge in [-0.2, -0.15) is 13.2 Å². The van der Waals surface area contributed by atoms with Gasteiger partial charge in [-0.3, -0.25) is 0 Å². The Balaban J connectivity index is 2.53. The second kappa shape index (κ2) is 3.66. The Kier molecular flexibility index (Phi) is 3.00. The van der Waals surface area contributed by atoms with Gasteiger partial charge in [0, 0.05) is 11.6 Å². The van der Waals surface area contributed by atoms with Gasteiger partial charge in [0.2, 0.25) is 0 Å². The van der Waals surface area contributed by atoms with E-state index in [1.54, 1.807) is 5.38 Å². The molecule has 0 aliphatic rings. The highest BCUT2D eigenvalue weighted by Gasteiger charge is 2.37. The molecule has 68 valence electrons. The average molecular weight is 213 g/mol.